The van der Waals surface area contributed by atoms with Crippen LogP contribution < -0.4 is 5.32 Å². The number of rotatable bonds is 0. The molecule has 90 valence electrons. The molecule has 1 fully saturated rings. The quantitative estimate of drug-likeness (QED) is 0.733. The first-order valence-electron chi connectivity index (χ1n) is 6.42. The number of nitrogens with one attached hydrogen (secondary N) is 1. The van der Waals surface area contributed by atoms with Crippen molar-refractivity contribution in [2.24, 2.45) is 0 Å². The molecule has 0 bridgehead atoms. The van der Waals surface area contributed by atoms with Gasteiger partial charge in [-0.2, -0.15) is 0 Å². The Balaban J connectivity index is 2.02. The van der Waals surface area contributed by atoms with Crippen molar-refractivity contribution in [3.05, 3.63) is 47.7 Å². The van der Waals surface area contributed by atoms with E-state index in [0.717, 1.165) is 19.5 Å². The average Bonchev–Trinajstić information content (AvgIpc) is 2.33. The minimum absolute atomic E-state index is 0.151. The van der Waals surface area contributed by atoms with Gasteiger partial charge in [-0.1, -0.05) is 30.8 Å². The normalized spacial score (nSPS) is 23.2. The summed E-state index contributed by atoms with van der Waals surface area (Å²) in [5.74, 6) is 0. The molecule has 0 radical (unpaired) electrons. The lowest BCUT2D eigenvalue weighted by Gasteiger charge is -2.46. The number of fused-ring (bicyclic) bond motifs is 2. The number of hydrogen-bond acceptors (Lipinski definition) is 2. The maximum atomic E-state index is 4.16. The molecule has 1 aromatic rings. The van der Waals surface area contributed by atoms with E-state index in [2.05, 4.69) is 48.1 Å². The predicted octanol–water partition coefficient (Wildman–Crippen LogP) is 2.27. The summed E-state index contributed by atoms with van der Waals surface area (Å²) in [7, 11) is 2.20. The van der Waals surface area contributed by atoms with Crippen LogP contribution in [0.25, 0.3) is 0 Å². The third kappa shape index (κ3) is 1.77. The van der Waals surface area contributed by atoms with Crippen molar-refractivity contribution in [3.63, 3.8) is 0 Å². The van der Waals surface area contributed by atoms with Gasteiger partial charge in [-0.05, 0) is 31.0 Å². The highest BCUT2D eigenvalue weighted by atomic mass is 15.1. The maximum absolute atomic E-state index is 4.16. The summed E-state index contributed by atoms with van der Waals surface area (Å²) >= 11 is 0. The Hall–Kier alpha value is -1.28. The van der Waals surface area contributed by atoms with Crippen LogP contribution in [0.5, 0.6) is 0 Å². The van der Waals surface area contributed by atoms with Gasteiger partial charge in [0.15, 0.2) is 0 Å². The predicted molar refractivity (Wildman–Crippen MR) is 70.8 cm³/mol. The maximum Gasteiger partial charge on any atom is 0.0649 e. The fourth-order valence-corrected chi connectivity index (χ4v) is 3.22. The van der Waals surface area contributed by atoms with Crippen molar-refractivity contribution < 1.29 is 0 Å². The Kier molecular flexibility index (Phi) is 2.48. The van der Waals surface area contributed by atoms with Crippen molar-refractivity contribution in [2.45, 2.75) is 24.8 Å². The summed E-state index contributed by atoms with van der Waals surface area (Å²) in [4.78, 5) is 2.41. The number of hydrogen-bond donors (Lipinski definition) is 1. The summed E-state index contributed by atoms with van der Waals surface area (Å²) < 4.78 is 0. The van der Waals surface area contributed by atoms with Gasteiger partial charge in [0.1, 0.15) is 0 Å². The third-order valence-corrected chi connectivity index (χ3v) is 4.19. The van der Waals surface area contributed by atoms with Crippen LogP contribution in [0.4, 0.5) is 0 Å². The highest BCUT2D eigenvalue weighted by molar-refractivity contribution is 5.41. The molecule has 0 atom stereocenters. The van der Waals surface area contributed by atoms with Crippen molar-refractivity contribution >= 4 is 0 Å². The molecule has 2 heterocycles. The molecule has 2 aliphatic heterocycles. The molecular formula is C15H20N2. The summed E-state index contributed by atoms with van der Waals surface area (Å²) in [6.45, 7) is 6.48. The van der Waals surface area contributed by atoms with Crippen LogP contribution in [0.3, 0.4) is 0 Å². The second-order valence-corrected chi connectivity index (χ2v) is 5.45. The molecule has 0 saturated carbocycles. The average molecular weight is 228 g/mol. The van der Waals surface area contributed by atoms with Crippen molar-refractivity contribution in [3.8, 4) is 0 Å². The molecule has 1 aromatic carbocycles. The molecule has 0 unspecified atom stereocenters. The van der Waals surface area contributed by atoms with Gasteiger partial charge in [-0.3, -0.25) is 0 Å². The molecule has 0 aliphatic carbocycles. The molecule has 1 spiro atoms. The van der Waals surface area contributed by atoms with E-state index in [1.165, 1.54) is 29.7 Å². The van der Waals surface area contributed by atoms with E-state index in [9.17, 15) is 0 Å². The molecule has 2 heteroatoms. The van der Waals surface area contributed by atoms with Gasteiger partial charge in [-0.25, -0.2) is 0 Å². The van der Waals surface area contributed by atoms with Gasteiger partial charge in [-0.15, -0.1) is 0 Å². The Bertz CT molecular complexity index is 442. The van der Waals surface area contributed by atoms with E-state index in [0.29, 0.717) is 0 Å². The molecule has 2 aliphatic rings. The number of piperidine rings is 1. The van der Waals surface area contributed by atoms with Crippen LogP contribution in [0.1, 0.15) is 24.0 Å². The third-order valence-electron chi connectivity index (χ3n) is 4.19. The topological polar surface area (TPSA) is 15.3 Å². The van der Waals surface area contributed by atoms with E-state index in [4.69, 9.17) is 0 Å². The SMILES string of the molecule is C=C1Cc2ccccc2C2(CCN(C)CC2)N1. The molecular weight excluding hydrogens is 208 g/mol. The van der Waals surface area contributed by atoms with Crippen LogP contribution in [0, 0.1) is 0 Å². The molecule has 1 N–H and O–H groups in total. The Labute approximate surface area is 103 Å². The summed E-state index contributed by atoms with van der Waals surface area (Å²) in [5.41, 5.74) is 4.29. The Morgan fingerprint density at radius 3 is 2.71 bits per heavy atom. The van der Waals surface area contributed by atoms with Crippen LogP contribution in [0.2, 0.25) is 0 Å². The zero-order chi connectivity index (χ0) is 11.9. The summed E-state index contributed by atoms with van der Waals surface area (Å²) in [5, 5.41) is 3.69. The van der Waals surface area contributed by atoms with E-state index in [1.54, 1.807) is 0 Å². The lowest BCUT2D eigenvalue weighted by atomic mass is 9.75. The van der Waals surface area contributed by atoms with E-state index < -0.39 is 0 Å². The first kappa shape index (κ1) is 10.8. The minimum Gasteiger partial charge on any atom is -0.379 e. The van der Waals surface area contributed by atoms with E-state index in [1.807, 2.05) is 0 Å². The Morgan fingerprint density at radius 2 is 1.94 bits per heavy atom. The zero-order valence-corrected chi connectivity index (χ0v) is 10.5. The second kappa shape index (κ2) is 3.88. The zero-order valence-electron chi connectivity index (χ0n) is 10.5. The molecule has 1 saturated heterocycles. The molecule has 2 nitrogen and oxygen atoms in total. The first-order chi connectivity index (χ1) is 8.20. The number of benzene rings is 1. The highest BCUT2D eigenvalue weighted by Gasteiger charge is 2.39. The fraction of sp³-hybridized carbons (Fsp3) is 0.467. The molecule has 0 aromatic heterocycles. The van der Waals surface area contributed by atoms with Gasteiger partial charge >= 0.3 is 0 Å². The highest BCUT2D eigenvalue weighted by Crippen LogP contribution is 2.39. The number of allylic oxidation sites excluding steroid dienone is 1. The largest absolute Gasteiger partial charge is 0.379 e. The van der Waals surface area contributed by atoms with E-state index >= 15 is 0 Å². The van der Waals surface area contributed by atoms with Crippen LogP contribution in [0.15, 0.2) is 36.5 Å². The Morgan fingerprint density at radius 1 is 1.24 bits per heavy atom. The second-order valence-electron chi connectivity index (χ2n) is 5.45. The lowest BCUT2D eigenvalue weighted by Crippen LogP contribution is -2.52. The molecule has 17 heavy (non-hydrogen) atoms. The first-order valence-corrected chi connectivity index (χ1v) is 6.42. The van der Waals surface area contributed by atoms with Crippen molar-refractivity contribution in [1.82, 2.24) is 10.2 Å². The van der Waals surface area contributed by atoms with Gasteiger partial charge < -0.3 is 10.2 Å². The standard InChI is InChI=1S/C15H20N2/c1-12-11-13-5-3-4-6-14(13)15(16-12)7-9-17(2)10-8-15/h3-6,16H,1,7-11H2,2H3. The smallest absolute Gasteiger partial charge is 0.0649 e. The fourth-order valence-electron chi connectivity index (χ4n) is 3.22. The van der Waals surface area contributed by atoms with Crippen molar-refractivity contribution in [1.29, 1.82) is 0 Å². The van der Waals surface area contributed by atoms with Crippen molar-refractivity contribution in [2.75, 3.05) is 20.1 Å². The monoisotopic (exact) mass is 228 g/mol. The number of nitrogens with zero attached hydrogens (tertiary/aromatic N) is 1. The van der Waals surface area contributed by atoms with Gasteiger partial charge in [0.05, 0.1) is 5.54 Å². The van der Waals surface area contributed by atoms with Gasteiger partial charge in [0, 0.05) is 25.2 Å². The summed E-state index contributed by atoms with van der Waals surface area (Å²) in [6.07, 6.45) is 3.34. The van der Waals surface area contributed by atoms with Gasteiger partial charge in [0.25, 0.3) is 0 Å². The van der Waals surface area contributed by atoms with Crippen LogP contribution in [-0.4, -0.2) is 25.0 Å². The summed E-state index contributed by atoms with van der Waals surface area (Å²) in [6, 6.07) is 8.84. The molecule has 3 rings (SSSR count). The van der Waals surface area contributed by atoms with Crippen LogP contribution >= 0.6 is 0 Å². The van der Waals surface area contributed by atoms with Crippen LogP contribution in [-0.2, 0) is 12.0 Å². The molecule has 0 amide bonds. The van der Waals surface area contributed by atoms with E-state index in [-0.39, 0.29) is 5.54 Å². The lowest BCUT2D eigenvalue weighted by molar-refractivity contribution is 0.161. The number of likely N-dealkylation sites (tertiary alicyclic amines) is 1. The minimum atomic E-state index is 0.151. The van der Waals surface area contributed by atoms with Gasteiger partial charge in [0.2, 0.25) is 0 Å².